The highest BCUT2D eigenvalue weighted by atomic mass is 16.3. The van der Waals surface area contributed by atoms with E-state index in [1.807, 2.05) is 30.3 Å². The number of phenols is 1. The maximum atomic E-state index is 13.4. The molecule has 33 heavy (non-hydrogen) atoms. The molecule has 0 fully saturated rings. The van der Waals surface area contributed by atoms with Gasteiger partial charge in [0.2, 0.25) is 5.95 Å². The number of benzene rings is 3. The van der Waals surface area contributed by atoms with E-state index >= 15 is 0 Å². The van der Waals surface area contributed by atoms with E-state index < -0.39 is 6.04 Å². The lowest BCUT2D eigenvalue weighted by Gasteiger charge is -2.38. The summed E-state index contributed by atoms with van der Waals surface area (Å²) in [6.07, 6.45) is 1.23. The molecule has 4 aromatic rings. The Morgan fingerprint density at radius 2 is 1.82 bits per heavy atom. The first-order valence-electron chi connectivity index (χ1n) is 11.2. The minimum absolute atomic E-state index is 0.106. The van der Waals surface area contributed by atoms with Gasteiger partial charge in [-0.05, 0) is 40.3 Å². The number of fused-ring (bicyclic) bond motifs is 2. The second-order valence-corrected chi connectivity index (χ2v) is 9.69. The van der Waals surface area contributed by atoms with Crippen molar-refractivity contribution < 1.29 is 9.90 Å². The lowest BCUT2D eigenvalue weighted by atomic mass is 9.73. The fraction of sp³-hybridized carbons (Fsp3) is 0.222. The Bertz CT molecular complexity index is 1460. The zero-order valence-electron chi connectivity index (χ0n) is 18.5. The van der Waals surface area contributed by atoms with Crippen molar-refractivity contribution in [2.75, 3.05) is 5.32 Å². The zero-order valence-corrected chi connectivity index (χ0v) is 18.5. The van der Waals surface area contributed by atoms with E-state index in [4.69, 9.17) is 10.1 Å². The molecule has 2 N–H and O–H groups in total. The number of allylic oxidation sites excluding steroid dienone is 2. The van der Waals surface area contributed by atoms with E-state index in [0.717, 1.165) is 34.0 Å². The molecule has 1 aromatic heterocycles. The van der Waals surface area contributed by atoms with Gasteiger partial charge in [0.15, 0.2) is 11.6 Å². The monoisotopic (exact) mass is 436 g/mol. The molecule has 0 saturated heterocycles. The summed E-state index contributed by atoms with van der Waals surface area (Å²) >= 11 is 0. The number of aromatic nitrogens is 3. The SMILES string of the molecule is CC1(C)CC(=O)C2=C(C1)Nc1nc(-c3cccc4ccccc34)nn1C2c1cccc(O)c1. The highest BCUT2D eigenvalue weighted by Gasteiger charge is 2.42. The maximum absolute atomic E-state index is 13.4. The van der Waals surface area contributed by atoms with E-state index in [0.29, 0.717) is 23.8 Å². The van der Waals surface area contributed by atoms with Gasteiger partial charge in [0, 0.05) is 23.3 Å². The van der Waals surface area contributed by atoms with E-state index in [-0.39, 0.29) is 16.9 Å². The van der Waals surface area contributed by atoms with Crippen LogP contribution in [0.5, 0.6) is 5.75 Å². The number of aromatic hydroxyl groups is 1. The third kappa shape index (κ3) is 3.21. The number of rotatable bonds is 2. The average molecular weight is 437 g/mol. The Hall–Kier alpha value is -3.93. The molecule has 2 heterocycles. The first kappa shape index (κ1) is 19.7. The van der Waals surface area contributed by atoms with Gasteiger partial charge in [-0.25, -0.2) is 4.68 Å². The second kappa shape index (κ2) is 7.04. The largest absolute Gasteiger partial charge is 0.508 e. The van der Waals surface area contributed by atoms with Gasteiger partial charge in [0.05, 0.1) is 0 Å². The van der Waals surface area contributed by atoms with Gasteiger partial charge in [-0.3, -0.25) is 4.79 Å². The van der Waals surface area contributed by atoms with Crippen LogP contribution in [0.1, 0.15) is 38.3 Å². The predicted molar refractivity (Wildman–Crippen MR) is 128 cm³/mol. The summed E-state index contributed by atoms with van der Waals surface area (Å²) < 4.78 is 1.79. The highest BCUT2D eigenvalue weighted by Crippen LogP contribution is 2.46. The number of hydrogen-bond acceptors (Lipinski definition) is 5. The molecule has 0 saturated carbocycles. The summed E-state index contributed by atoms with van der Waals surface area (Å²) in [5, 5.41) is 20.7. The minimum Gasteiger partial charge on any atom is -0.508 e. The number of Topliss-reactive ketones (excluding diaryl/α,β-unsaturated/α-hetero) is 1. The summed E-state index contributed by atoms with van der Waals surface area (Å²) in [4.78, 5) is 18.2. The number of hydrogen-bond donors (Lipinski definition) is 2. The maximum Gasteiger partial charge on any atom is 0.226 e. The Labute approximate surface area is 191 Å². The fourth-order valence-electron chi connectivity index (χ4n) is 5.15. The van der Waals surface area contributed by atoms with Crippen molar-refractivity contribution in [1.82, 2.24) is 14.8 Å². The summed E-state index contributed by atoms with van der Waals surface area (Å²) in [5.74, 6) is 1.48. The number of carbonyl (C=O) groups excluding carboxylic acids is 1. The molecule has 0 spiro atoms. The Morgan fingerprint density at radius 3 is 2.67 bits per heavy atom. The minimum atomic E-state index is -0.442. The van der Waals surface area contributed by atoms with E-state index in [2.05, 4.69) is 37.4 Å². The van der Waals surface area contributed by atoms with Crippen LogP contribution in [0, 0.1) is 5.41 Å². The van der Waals surface area contributed by atoms with Crippen LogP contribution >= 0.6 is 0 Å². The molecule has 3 aromatic carbocycles. The predicted octanol–water partition coefficient (Wildman–Crippen LogP) is 5.46. The number of nitrogens with one attached hydrogen (secondary N) is 1. The number of phenolic OH excluding ortho intramolecular Hbond substituents is 1. The molecular formula is C27H24N4O2. The molecule has 2 aliphatic rings. The molecule has 0 radical (unpaired) electrons. The Morgan fingerprint density at radius 1 is 1.03 bits per heavy atom. The molecule has 1 unspecified atom stereocenters. The van der Waals surface area contributed by atoms with Gasteiger partial charge in [-0.15, -0.1) is 5.10 Å². The summed E-state index contributed by atoms with van der Waals surface area (Å²) in [6.45, 7) is 4.22. The van der Waals surface area contributed by atoms with Crippen molar-refractivity contribution in [3.05, 3.63) is 83.6 Å². The molecule has 6 rings (SSSR count). The van der Waals surface area contributed by atoms with E-state index in [1.165, 1.54) is 0 Å². The summed E-state index contributed by atoms with van der Waals surface area (Å²) in [6, 6.07) is 20.9. The van der Waals surface area contributed by atoms with Gasteiger partial charge in [0.25, 0.3) is 0 Å². The van der Waals surface area contributed by atoms with Gasteiger partial charge < -0.3 is 10.4 Å². The van der Waals surface area contributed by atoms with Crippen LogP contribution in [-0.2, 0) is 4.79 Å². The van der Waals surface area contributed by atoms with Crippen LogP contribution in [-0.4, -0.2) is 25.7 Å². The normalized spacial score (nSPS) is 19.2. The molecule has 164 valence electrons. The lowest BCUT2D eigenvalue weighted by molar-refractivity contribution is -0.118. The first-order chi connectivity index (χ1) is 15.9. The fourth-order valence-corrected chi connectivity index (χ4v) is 5.15. The third-order valence-corrected chi connectivity index (χ3v) is 6.55. The van der Waals surface area contributed by atoms with Crippen molar-refractivity contribution in [1.29, 1.82) is 0 Å². The number of nitrogens with zero attached hydrogens (tertiary/aromatic N) is 3. The van der Waals surface area contributed by atoms with Gasteiger partial charge >= 0.3 is 0 Å². The smallest absolute Gasteiger partial charge is 0.226 e. The average Bonchev–Trinajstić information content (AvgIpc) is 3.20. The van der Waals surface area contributed by atoms with Crippen molar-refractivity contribution >= 4 is 22.5 Å². The van der Waals surface area contributed by atoms with E-state index in [9.17, 15) is 9.90 Å². The van der Waals surface area contributed by atoms with E-state index in [1.54, 1.807) is 22.9 Å². The molecular weight excluding hydrogens is 412 g/mol. The molecule has 6 nitrogen and oxygen atoms in total. The molecule has 0 bridgehead atoms. The second-order valence-electron chi connectivity index (χ2n) is 9.69. The Kier molecular flexibility index (Phi) is 4.21. The van der Waals surface area contributed by atoms with Gasteiger partial charge in [-0.2, -0.15) is 4.98 Å². The van der Waals surface area contributed by atoms with Gasteiger partial charge in [-0.1, -0.05) is 68.4 Å². The van der Waals surface area contributed by atoms with Crippen molar-refractivity contribution in [3.63, 3.8) is 0 Å². The zero-order chi connectivity index (χ0) is 22.7. The van der Waals surface area contributed by atoms with Crippen molar-refractivity contribution in [2.24, 2.45) is 5.41 Å². The van der Waals surface area contributed by atoms with Crippen LogP contribution in [0.2, 0.25) is 0 Å². The van der Waals surface area contributed by atoms with Crippen LogP contribution in [0.25, 0.3) is 22.2 Å². The quantitative estimate of drug-likeness (QED) is 0.436. The molecule has 0 amide bonds. The number of ketones is 1. The van der Waals surface area contributed by atoms with Crippen molar-refractivity contribution in [3.8, 4) is 17.1 Å². The number of carbonyl (C=O) groups is 1. The molecule has 1 aliphatic heterocycles. The first-order valence-corrected chi connectivity index (χ1v) is 11.2. The molecule has 1 atom stereocenters. The van der Waals surface area contributed by atoms with Crippen LogP contribution in [0.3, 0.4) is 0 Å². The van der Waals surface area contributed by atoms with Crippen LogP contribution in [0.4, 0.5) is 5.95 Å². The topological polar surface area (TPSA) is 80.0 Å². The molecule has 6 heteroatoms. The van der Waals surface area contributed by atoms with Crippen LogP contribution in [0.15, 0.2) is 78.0 Å². The van der Waals surface area contributed by atoms with Crippen LogP contribution < -0.4 is 5.32 Å². The van der Waals surface area contributed by atoms with Crippen molar-refractivity contribution in [2.45, 2.75) is 32.7 Å². The van der Waals surface area contributed by atoms with Gasteiger partial charge in [0.1, 0.15) is 11.8 Å². The standard InChI is InChI=1S/C27H24N4O2/c1-27(2)14-21-23(22(33)15-27)24(17-9-5-10-18(32)13-17)31-26(28-21)29-25(30-31)20-12-6-8-16-7-3-4-11-19(16)20/h3-13,24,32H,14-15H2,1-2H3,(H,28,29,30). The molecule has 1 aliphatic carbocycles. The third-order valence-electron chi connectivity index (χ3n) is 6.55. The summed E-state index contributed by atoms with van der Waals surface area (Å²) in [7, 11) is 0. The lowest BCUT2D eigenvalue weighted by Crippen LogP contribution is -2.36. The Balaban J connectivity index is 1.56. The number of anilines is 1. The highest BCUT2D eigenvalue weighted by molar-refractivity contribution is 6.00. The summed E-state index contributed by atoms with van der Waals surface area (Å²) in [5.41, 5.74) is 3.23.